The number of nitrogens with zero attached hydrogens (tertiary/aromatic N) is 2. The number of amides is 2. The first-order chi connectivity index (χ1) is 9.93. The number of carboxylic acid groups (broad SMARTS) is 2. The van der Waals surface area contributed by atoms with E-state index in [1.165, 1.54) is 4.90 Å². The molecule has 8 nitrogen and oxygen atoms in total. The third-order valence-corrected chi connectivity index (χ3v) is 2.77. The molecular weight excluding hydrogens is 278 g/mol. The molecule has 0 aliphatic heterocycles. The van der Waals surface area contributed by atoms with Gasteiger partial charge in [-0.15, -0.1) is 0 Å². The monoisotopic (exact) mass is 295 g/mol. The van der Waals surface area contributed by atoms with Gasteiger partial charge in [-0.2, -0.15) is 0 Å². The van der Waals surface area contributed by atoms with Crippen molar-refractivity contribution in [3.8, 4) is 0 Å². The Labute approximate surface area is 121 Å². The Bertz CT molecular complexity index is 506. The van der Waals surface area contributed by atoms with Crippen LogP contribution in [-0.2, 0) is 16.1 Å². The van der Waals surface area contributed by atoms with E-state index in [0.29, 0.717) is 6.54 Å². The number of carbonyl (C=O) groups is 3. The molecule has 0 aliphatic rings. The highest BCUT2D eigenvalue weighted by Crippen LogP contribution is 2.04. The van der Waals surface area contributed by atoms with Gasteiger partial charge in [-0.25, -0.2) is 9.59 Å². The lowest BCUT2D eigenvalue weighted by molar-refractivity contribution is -0.145. The van der Waals surface area contributed by atoms with E-state index in [1.54, 1.807) is 31.5 Å². The molecule has 0 saturated carbocycles. The zero-order valence-corrected chi connectivity index (χ0v) is 11.5. The number of rotatable bonds is 7. The number of hydrogen-bond donors (Lipinski definition) is 3. The Morgan fingerprint density at radius 2 is 1.90 bits per heavy atom. The number of aliphatic carboxylic acids is 2. The lowest BCUT2D eigenvalue weighted by Crippen LogP contribution is -2.48. The molecule has 0 saturated heterocycles. The average Bonchev–Trinajstić information content (AvgIpc) is 2.44. The fraction of sp³-hybridized carbons (Fsp3) is 0.385. The summed E-state index contributed by atoms with van der Waals surface area (Å²) >= 11 is 0. The minimum atomic E-state index is -1.46. The second-order valence-electron chi connectivity index (χ2n) is 4.31. The van der Waals surface area contributed by atoms with Crippen molar-refractivity contribution in [3.05, 3.63) is 30.1 Å². The maximum absolute atomic E-state index is 12.0. The highest BCUT2D eigenvalue weighted by atomic mass is 16.4. The van der Waals surface area contributed by atoms with Gasteiger partial charge in [-0.1, -0.05) is 0 Å². The lowest BCUT2D eigenvalue weighted by Gasteiger charge is -2.23. The minimum Gasteiger partial charge on any atom is -0.481 e. The number of carbonyl (C=O) groups excluding carboxylic acids is 1. The highest BCUT2D eigenvalue weighted by Gasteiger charge is 2.25. The topological polar surface area (TPSA) is 120 Å². The smallest absolute Gasteiger partial charge is 0.326 e. The number of aromatic nitrogens is 1. The molecule has 0 aliphatic carbocycles. The molecule has 114 valence electrons. The first-order valence-corrected chi connectivity index (χ1v) is 6.33. The second-order valence-corrected chi connectivity index (χ2v) is 4.31. The summed E-state index contributed by atoms with van der Waals surface area (Å²) < 4.78 is 0. The van der Waals surface area contributed by atoms with Gasteiger partial charge in [0.25, 0.3) is 0 Å². The van der Waals surface area contributed by atoms with E-state index in [4.69, 9.17) is 10.2 Å². The Morgan fingerprint density at radius 3 is 2.38 bits per heavy atom. The SMILES string of the molecule is CCN(Cc1ccncc1)C(=O)N[C@@H](CC(=O)O)C(=O)O. The Morgan fingerprint density at radius 1 is 1.29 bits per heavy atom. The van der Waals surface area contributed by atoms with Crippen LogP contribution in [0.1, 0.15) is 18.9 Å². The quantitative estimate of drug-likeness (QED) is 0.675. The van der Waals surface area contributed by atoms with Gasteiger partial charge in [0, 0.05) is 25.5 Å². The molecule has 1 heterocycles. The third kappa shape index (κ3) is 5.47. The van der Waals surface area contributed by atoms with Crippen LogP contribution in [0, 0.1) is 0 Å². The molecule has 0 radical (unpaired) electrons. The molecule has 0 aromatic carbocycles. The van der Waals surface area contributed by atoms with Crippen molar-refractivity contribution in [1.29, 1.82) is 0 Å². The maximum Gasteiger partial charge on any atom is 0.326 e. The largest absolute Gasteiger partial charge is 0.481 e. The van der Waals surface area contributed by atoms with Gasteiger partial charge in [0.1, 0.15) is 6.04 Å². The van der Waals surface area contributed by atoms with Crippen LogP contribution in [0.3, 0.4) is 0 Å². The van der Waals surface area contributed by atoms with Crippen molar-refractivity contribution in [2.45, 2.75) is 25.9 Å². The number of urea groups is 1. The van der Waals surface area contributed by atoms with Gasteiger partial charge in [-0.3, -0.25) is 9.78 Å². The van der Waals surface area contributed by atoms with E-state index in [-0.39, 0.29) is 6.54 Å². The summed E-state index contributed by atoms with van der Waals surface area (Å²) in [5.41, 5.74) is 0.840. The summed E-state index contributed by atoms with van der Waals surface area (Å²) in [6.07, 6.45) is 2.50. The van der Waals surface area contributed by atoms with Crippen LogP contribution in [0.5, 0.6) is 0 Å². The van der Waals surface area contributed by atoms with Crippen molar-refractivity contribution in [3.63, 3.8) is 0 Å². The van der Waals surface area contributed by atoms with E-state index >= 15 is 0 Å². The molecule has 1 rings (SSSR count). The summed E-state index contributed by atoms with van der Waals surface area (Å²) in [6.45, 7) is 2.38. The molecule has 3 N–H and O–H groups in total. The van der Waals surface area contributed by atoms with Crippen LogP contribution in [-0.4, -0.2) is 50.7 Å². The van der Waals surface area contributed by atoms with Gasteiger partial charge in [0.2, 0.25) is 0 Å². The number of hydrogen-bond acceptors (Lipinski definition) is 4. The second kappa shape index (κ2) is 7.83. The van der Waals surface area contributed by atoms with Crippen molar-refractivity contribution in [2.24, 2.45) is 0 Å². The Hall–Kier alpha value is -2.64. The first-order valence-electron chi connectivity index (χ1n) is 6.33. The fourth-order valence-electron chi connectivity index (χ4n) is 1.65. The molecule has 1 atom stereocenters. The molecular formula is C13H17N3O5. The summed E-state index contributed by atoms with van der Waals surface area (Å²) in [5, 5.41) is 19.8. The van der Waals surface area contributed by atoms with Crippen LogP contribution in [0.15, 0.2) is 24.5 Å². The molecule has 0 bridgehead atoms. The van der Waals surface area contributed by atoms with Crippen LogP contribution in [0.4, 0.5) is 4.79 Å². The molecule has 8 heteroatoms. The van der Waals surface area contributed by atoms with Crippen molar-refractivity contribution < 1.29 is 24.6 Å². The van der Waals surface area contributed by atoms with Crippen molar-refractivity contribution >= 4 is 18.0 Å². The zero-order chi connectivity index (χ0) is 15.8. The lowest BCUT2D eigenvalue weighted by atomic mass is 10.2. The summed E-state index contributed by atoms with van der Waals surface area (Å²) in [7, 11) is 0. The predicted molar refractivity (Wildman–Crippen MR) is 72.5 cm³/mol. The molecule has 21 heavy (non-hydrogen) atoms. The van der Waals surface area contributed by atoms with E-state index < -0.39 is 30.4 Å². The number of nitrogens with one attached hydrogen (secondary N) is 1. The molecule has 1 aromatic rings. The van der Waals surface area contributed by atoms with Gasteiger partial charge < -0.3 is 20.4 Å². The predicted octanol–water partition coefficient (Wildman–Crippen LogP) is 0.541. The molecule has 0 unspecified atom stereocenters. The van der Waals surface area contributed by atoms with E-state index in [9.17, 15) is 14.4 Å². The van der Waals surface area contributed by atoms with Crippen LogP contribution in [0.25, 0.3) is 0 Å². The minimum absolute atomic E-state index is 0.282. The van der Waals surface area contributed by atoms with Gasteiger partial charge in [0.15, 0.2) is 0 Å². The maximum atomic E-state index is 12.0. The number of carboxylic acids is 2. The van der Waals surface area contributed by atoms with E-state index in [0.717, 1.165) is 5.56 Å². The normalized spacial score (nSPS) is 11.5. The molecule has 1 aromatic heterocycles. The summed E-state index contributed by atoms with van der Waals surface area (Å²) in [4.78, 5) is 38.8. The molecule has 0 fully saturated rings. The van der Waals surface area contributed by atoms with Crippen LogP contribution >= 0.6 is 0 Å². The molecule has 2 amide bonds. The Kier molecular flexibility index (Phi) is 6.12. The summed E-state index contributed by atoms with van der Waals surface area (Å²) in [6, 6.07) is 1.40. The fourth-order valence-corrected chi connectivity index (χ4v) is 1.65. The standard InChI is InChI=1S/C13H17N3O5/c1-2-16(8-9-3-5-14-6-4-9)13(21)15-10(12(19)20)7-11(17)18/h3-6,10H,2,7-8H2,1H3,(H,15,21)(H,17,18)(H,19,20)/t10-/m0/s1. The number of pyridine rings is 1. The Balaban J connectivity index is 2.69. The van der Waals surface area contributed by atoms with Crippen molar-refractivity contribution in [1.82, 2.24) is 15.2 Å². The van der Waals surface area contributed by atoms with Gasteiger partial charge >= 0.3 is 18.0 Å². The van der Waals surface area contributed by atoms with E-state index in [1.807, 2.05) is 0 Å². The van der Waals surface area contributed by atoms with Gasteiger partial charge in [0.05, 0.1) is 6.42 Å². The highest BCUT2D eigenvalue weighted by molar-refractivity contribution is 5.86. The average molecular weight is 295 g/mol. The van der Waals surface area contributed by atoms with Crippen molar-refractivity contribution in [2.75, 3.05) is 6.54 Å². The zero-order valence-electron chi connectivity index (χ0n) is 11.5. The molecule has 0 spiro atoms. The van der Waals surface area contributed by atoms with E-state index in [2.05, 4.69) is 10.3 Å². The van der Waals surface area contributed by atoms with Crippen LogP contribution < -0.4 is 5.32 Å². The third-order valence-electron chi connectivity index (χ3n) is 2.77. The first kappa shape index (κ1) is 16.4. The van der Waals surface area contributed by atoms with Crippen LogP contribution in [0.2, 0.25) is 0 Å². The van der Waals surface area contributed by atoms with Gasteiger partial charge in [-0.05, 0) is 24.6 Å². The summed E-state index contributed by atoms with van der Waals surface area (Å²) in [5.74, 6) is -2.68.